The van der Waals surface area contributed by atoms with E-state index in [2.05, 4.69) is 314 Å². The van der Waals surface area contributed by atoms with E-state index in [0.717, 1.165) is 83.2 Å². The van der Waals surface area contributed by atoms with Crippen LogP contribution in [0.25, 0.3) is 88.4 Å². The van der Waals surface area contributed by atoms with Gasteiger partial charge >= 0.3 is 0 Å². The number of furan rings is 2. The number of benzene rings is 13. The molecule has 2 aliphatic carbocycles. The standard InChI is InChI=1S/C80H51NO2/c1-8-26-52(27-9-1)65-50-69-73(75-63-40-22-24-42-71(63)82-77(65)75)61-46-44-59(48-67(61)79(69,54-30-12-3-13-31-54)55-32-14-4-15-33-55)81(58-38-20-7-21-39-58)60-45-47-62-68(49-60)80(56-34-16-5-17-35-56,57-36-18-6-19-37-57)70-51-66(53-28-10-2-11-29-53)78-76(74(62)70)64-41-23-25-43-72(64)83-78/h1-51H. The first-order valence-electron chi connectivity index (χ1n) is 28.6. The van der Waals surface area contributed by atoms with Crippen molar-refractivity contribution in [2.45, 2.75) is 10.8 Å². The van der Waals surface area contributed by atoms with Crippen molar-refractivity contribution in [3.8, 4) is 44.5 Å². The van der Waals surface area contributed by atoms with Gasteiger partial charge in [0.2, 0.25) is 0 Å². The minimum absolute atomic E-state index is 0.744. The SMILES string of the molecule is c1ccc(-c2cc3c(c4c2oc2ccccc24)-c2ccc(N(c4ccccc4)c4ccc5c(c4)C(c4ccccc4)(c4ccccc4)c4cc(-c6ccccc6)c6oc7ccccc7c6c4-5)cc2C3(c2ccccc2)c2ccccc2)cc1. The molecule has 0 amide bonds. The maximum absolute atomic E-state index is 7.03. The number of rotatable bonds is 9. The fourth-order valence-corrected chi connectivity index (χ4v) is 14.7. The monoisotopic (exact) mass is 1060 g/mol. The summed E-state index contributed by atoms with van der Waals surface area (Å²) in [6, 6.07) is 114. The Morgan fingerprint density at radius 3 is 0.952 bits per heavy atom. The largest absolute Gasteiger partial charge is 0.455 e. The number of hydrogen-bond donors (Lipinski definition) is 0. The Balaban J connectivity index is 0.973. The molecule has 2 aromatic heterocycles. The minimum atomic E-state index is -0.744. The molecule has 0 saturated carbocycles. The average Bonchev–Trinajstić information content (AvgIpc) is 1.63. The van der Waals surface area contributed by atoms with Crippen LogP contribution in [0, 0.1) is 0 Å². The van der Waals surface area contributed by atoms with E-state index in [1.165, 1.54) is 66.8 Å². The Morgan fingerprint density at radius 2 is 0.578 bits per heavy atom. The fourth-order valence-electron chi connectivity index (χ4n) is 14.7. The normalized spacial score (nSPS) is 13.5. The van der Waals surface area contributed by atoms with Gasteiger partial charge < -0.3 is 13.7 Å². The molecule has 0 unspecified atom stereocenters. The maximum atomic E-state index is 7.03. The summed E-state index contributed by atoms with van der Waals surface area (Å²) in [5, 5.41) is 4.47. The summed E-state index contributed by atoms with van der Waals surface area (Å²) in [4.78, 5) is 2.48. The van der Waals surface area contributed by atoms with Crippen molar-refractivity contribution in [2.24, 2.45) is 0 Å². The molecule has 0 bridgehead atoms. The highest BCUT2D eigenvalue weighted by molar-refractivity contribution is 6.21. The maximum Gasteiger partial charge on any atom is 0.143 e. The van der Waals surface area contributed by atoms with Crippen LogP contribution >= 0.6 is 0 Å². The molecule has 0 radical (unpaired) electrons. The highest BCUT2D eigenvalue weighted by Crippen LogP contribution is 2.63. The van der Waals surface area contributed by atoms with Gasteiger partial charge in [0.15, 0.2) is 0 Å². The van der Waals surface area contributed by atoms with Gasteiger partial charge in [-0.2, -0.15) is 0 Å². The van der Waals surface area contributed by atoms with Crippen molar-refractivity contribution < 1.29 is 8.83 Å². The van der Waals surface area contributed by atoms with Gasteiger partial charge in [-0.3, -0.25) is 0 Å². The molecule has 15 aromatic rings. The molecule has 3 nitrogen and oxygen atoms in total. The Bertz CT molecular complexity index is 4610. The summed E-state index contributed by atoms with van der Waals surface area (Å²) >= 11 is 0. The van der Waals surface area contributed by atoms with E-state index in [9.17, 15) is 0 Å². The summed E-state index contributed by atoms with van der Waals surface area (Å²) < 4.78 is 14.1. The molecular weight excluding hydrogens is 1010 g/mol. The Hall–Kier alpha value is -10.7. The second kappa shape index (κ2) is 18.4. The molecule has 2 heterocycles. The number of nitrogens with zero attached hydrogens (tertiary/aromatic N) is 1. The lowest BCUT2D eigenvalue weighted by molar-refractivity contribution is 0.669. The van der Waals surface area contributed by atoms with Crippen LogP contribution in [0.3, 0.4) is 0 Å². The van der Waals surface area contributed by atoms with Crippen molar-refractivity contribution in [3.63, 3.8) is 0 Å². The molecule has 0 atom stereocenters. The third kappa shape index (κ3) is 6.74. The van der Waals surface area contributed by atoms with E-state index in [0.29, 0.717) is 0 Å². The molecule has 0 N–H and O–H groups in total. The lowest BCUT2D eigenvalue weighted by Gasteiger charge is -2.36. The van der Waals surface area contributed by atoms with Crippen molar-refractivity contribution in [3.05, 3.63) is 354 Å². The zero-order chi connectivity index (χ0) is 54.6. The van der Waals surface area contributed by atoms with Gasteiger partial charge in [0, 0.05) is 49.7 Å². The topological polar surface area (TPSA) is 29.5 Å². The summed E-state index contributed by atoms with van der Waals surface area (Å²) in [6.45, 7) is 0. The smallest absolute Gasteiger partial charge is 0.143 e. The lowest BCUT2D eigenvalue weighted by atomic mass is 9.67. The van der Waals surface area contributed by atoms with Crippen LogP contribution in [0.4, 0.5) is 17.1 Å². The molecule has 17 rings (SSSR count). The molecule has 0 aliphatic heterocycles. The van der Waals surface area contributed by atoms with Crippen LogP contribution in [0.15, 0.2) is 318 Å². The molecule has 13 aromatic carbocycles. The van der Waals surface area contributed by atoms with Gasteiger partial charge in [0.1, 0.15) is 22.3 Å². The molecule has 388 valence electrons. The predicted molar refractivity (Wildman–Crippen MR) is 341 cm³/mol. The van der Waals surface area contributed by atoms with Gasteiger partial charge in [0.25, 0.3) is 0 Å². The molecular formula is C80H51NO2. The number of para-hydroxylation sites is 3. The average molecular weight is 1060 g/mol. The quantitative estimate of drug-likeness (QED) is 0.144. The summed E-state index contributed by atoms with van der Waals surface area (Å²) in [5.41, 5.74) is 24.0. The van der Waals surface area contributed by atoms with Gasteiger partial charge in [-0.1, -0.05) is 249 Å². The van der Waals surface area contributed by atoms with Gasteiger partial charge in [-0.05, 0) is 139 Å². The van der Waals surface area contributed by atoms with Gasteiger partial charge in [-0.15, -0.1) is 0 Å². The van der Waals surface area contributed by atoms with Crippen LogP contribution < -0.4 is 4.90 Å². The van der Waals surface area contributed by atoms with Crippen LogP contribution in [0.5, 0.6) is 0 Å². The first-order valence-corrected chi connectivity index (χ1v) is 28.6. The molecule has 0 saturated heterocycles. The second-order valence-corrected chi connectivity index (χ2v) is 22.1. The van der Waals surface area contributed by atoms with Crippen molar-refractivity contribution in [2.75, 3.05) is 4.90 Å². The van der Waals surface area contributed by atoms with Gasteiger partial charge in [-0.25, -0.2) is 0 Å². The van der Waals surface area contributed by atoms with E-state index in [-0.39, 0.29) is 0 Å². The summed E-state index contributed by atoms with van der Waals surface area (Å²) in [5.74, 6) is 0. The number of fused-ring (bicyclic) bond motifs is 14. The third-order valence-corrected chi connectivity index (χ3v) is 18.0. The van der Waals surface area contributed by atoms with Crippen LogP contribution in [0.1, 0.15) is 44.5 Å². The first kappa shape index (κ1) is 47.1. The van der Waals surface area contributed by atoms with E-state index in [4.69, 9.17) is 8.83 Å². The molecule has 2 aliphatic rings. The van der Waals surface area contributed by atoms with Crippen LogP contribution in [-0.2, 0) is 10.8 Å². The zero-order valence-corrected chi connectivity index (χ0v) is 45.2. The summed E-state index contributed by atoms with van der Waals surface area (Å²) in [7, 11) is 0. The van der Waals surface area contributed by atoms with Gasteiger partial charge in [0.05, 0.1) is 10.8 Å². The Morgan fingerprint density at radius 1 is 0.253 bits per heavy atom. The van der Waals surface area contributed by atoms with Crippen LogP contribution in [-0.4, -0.2) is 0 Å². The summed E-state index contributed by atoms with van der Waals surface area (Å²) in [6.07, 6.45) is 0. The highest BCUT2D eigenvalue weighted by atomic mass is 16.3. The zero-order valence-electron chi connectivity index (χ0n) is 45.2. The van der Waals surface area contributed by atoms with E-state index >= 15 is 0 Å². The molecule has 0 fully saturated rings. The fraction of sp³-hybridized carbons (Fsp3) is 0.0250. The highest BCUT2D eigenvalue weighted by Gasteiger charge is 2.50. The Kier molecular flexibility index (Phi) is 10.4. The van der Waals surface area contributed by atoms with Crippen molar-refractivity contribution in [1.29, 1.82) is 0 Å². The molecule has 0 spiro atoms. The van der Waals surface area contributed by atoms with E-state index in [1.807, 2.05) is 0 Å². The molecule has 83 heavy (non-hydrogen) atoms. The molecule has 3 heteroatoms. The predicted octanol–water partition coefficient (Wildman–Crippen LogP) is 21.0. The third-order valence-electron chi connectivity index (χ3n) is 18.0. The van der Waals surface area contributed by atoms with Crippen molar-refractivity contribution >= 4 is 60.9 Å². The van der Waals surface area contributed by atoms with Crippen molar-refractivity contribution in [1.82, 2.24) is 0 Å². The number of anilines is 3. The lowest BCUT2D eigenvalue weighted by Crippen LogP contribution is -2.29. The van der Waals surface area contributed by atoms with Crippen LogP contribution in [0.2, 0.25) is 0 Å². The minimum Gasteiger partial charge on any atom is -0.455 e. The Labute approximate surface area is 481 Å². The number of hydrogen-bond acceptors (Lipinski definition) is 3. The second-order valence-electron chi connectivity index (χ2n) is 22.1. The first-order chi connectivity index (χ1) is 41.2. The van der Waals surface area contributed by atoms with E-state index < -0.39 is 10.8 Å². The van der Waals surface area contributed by atoms with E-state index in [1.54, 1.807) is 0 Å².